The van der Waals surface area contributed by atoms with Crippen LogP contribution in [0.5, 0.6) is 0 Å². The number of nitrogens with zero attached hydrogens (tertiary/aromatic N) is 3. The van der Waals surface area contributed by atoms with Gasteiger partial charge in [0.15, 0.2) is 0 Å². The molecule has 11 nitrogen and oxygen atoms in total. The van der Waals surface area contributed by atoms with Crippen LogP contribution in [0.1, 0.15) is 85.5 Å². The Morgan fingerprint density at radius 1 is 0.844 bits per heavy atom. The Bertz CT molecular complexity index is 1060. The van der Waals surface area contributed by atoms with Gasteiger partial charge in [0.2, 0.25) is 27.7 Å². The summed E-state index contributed by atoms with van der Waals surface area (Å²) in [6.45, 7) is 7.98. The number of alkyl halides is 2. The van der Waals surface area contributed by atoms with Crippen molar-refractivity contribution in [3.63, 3.8) is 0 Å². The second-order valence-corrected chi connectivity index (χ2v) is 15.8. The van der Waals surface area contributed by atoms with Crippen molar-refractivity contribution >= 4 is 27.7 Å². The fourth-order valence-electron chi connectivity index (χ4n) is 6.65. The number of aliphatic hydroxyl groups is 1. The second kappa shape index (κ2) is 17.9. The molecule has 0 aromatic carbocycles. The largest absolute Gasteiger partial charge is 0.390 e. The van der Waals surface area contributed by atoms with Gasteiger partial charge in [-0.05, 0) is 71.1 Å². The minimum atomic E-state index is -3.70. The molecule has 2 fully saturated rings. The number of hydrogen-bond donors (Lipinski definition) is 3. The zero-order valence-electron chi connectivity index (χ0n) is 28.2. The van der Waals surface area contributed by atoms with E-state index in [2.05, 4.69) is 10.1 Å². The lowest BCUT2D eigenvalue weighted by atomic mass is 9.73. The van der Waals surface area contributed by atoms with E-state index in [0.29, 0.717) is 19.5 Å². The van der Waals surface area contributed by atoms with E-state index in [1.807, 2.05) is 13.8 Å². The summed E-state index contributed by atoms with van der Waals surface area (Å²) in [7, 11) is 1.03. The van der Waals surface area contributed by atoms with E-state index in [1.54, 1.807) is 19.0 Å². The Hall–Kier alpha value is -1.90. The number of likely N-dealkylation sites (N-methyl/N-ethyl adjacent to an activating group) is 1. The molecule has 45 heavy (non-hydrogen) atoms. The van der Waals surface area contributed by atoms with Gasteiger partial charge < -0.3 is 20.2 Å². The van der Waals surface area contributed by atoms with Crippen molar-refractivity contribution in [3.8, 4) is 0 Å². The third-order valence-electron chi connectivity index (χ3n) is 8.95. The number of sulfonamides is 1. The van der Waals surface area contributed by atoms with Crippen LogP contribution in [0.4, 0.5) is 8.78 Å². The van der Waals surface area contributed by atoms with E-state index in [9.17, 15) is 36.7 Å². The highest BCUT2D eigenvalue weighted by molar-refractivity contribution is 7.90. The standard InChI is InChI=1S/C31H57F2N5O6S/c1-8-10-38(11-9-2)31(42)24-16-22(15-23(17-24)30(41)36(5)6)29(40)34-27(14-21-12-25(32)18-26(33)13-21)28(39)19-37(7)35-45(43,44)20(3)4/h20-28,35,39H,8-19H2,1-7H3,(H,34,40). The van der Waals surface area contributed by atoms with Crippen molar-refractivity contribution in [2.45, 2.75) is 115 Å². The van der Waals surface area contributed by atoms with E-state index < -0.39 is 69.3 Å². The van der Waals surface area contributed by atoms with E-state index >= 15 is 0 Å². The van der Waals surface area contributed by atoms with Gasteiger partial charge in [-0.2, -0.15) is 0 Å². The Morgan fingerprint density at radius 2 is 1.36 bits per heavy atom. The highest BCUT2D eigenvalue weighted by Gasteiger charge is 2.42. The Kier molecular flexibility index (Phi) is 15.6. The van der Waals surface area contributed by atoms with Crippen LogP contribution in [0.2, 0.25) is 0 Å². The van der Waals surface area contributed by atoms with Crippen molar-refractivity contribution in [1.82, 2.24) is 25.0 Å². The van der Waals surface area contributed by atoms with Crippen molar-refractivity contribution in [3.05, 3.63) is 0 Å². The number of carbonyl (C=O) groups excluding carboxylic acids is 3. The molecular formula is C31H57F2N5O6S. The molecule has 0 aliphatic heterocycles. The van der Waals surface area contributed by atoms with Crippen LogP contribution in [-0.4, -0.2) is 117 Å². The summed E-state index contributed by atoms with van der Waals surface area (Å²) in [6, 6.07) is -0.943. The lowest BCUT2D eigenvalue weighted by molar-refractivity contribution is -0.143. The molecule has 7 unspecified atom stereocenters. The van der Waals surface area contributed by atoms with E-state index in [0.717, 1.165) is 12.8 Å². The summed E-state index contributed by atoms with van der Waals surface area (Å²) in [5.41, 5.74) is 0. The molecule has 0 spiro atoms. The van der Waals surface area contributed by atoms with Gasteiger partial charge in [-0.15, -0.1) is 4.83 Å². The summed E-state index contributed by atoms with van der Waals surface area (Å²) >= 11 is 0. The maximum atomic E-state index is 14.3. The van der Waals surface area contributed by atoms with Crippen LogP contribution in [0, 0.1) is 23.7 Å². The molecule has 2 saturated carbocycles. The SMILES string of the molecule is CCCN(CCC)C(=O)C1CC(C(=O)NC(CC2CC(F)CC(F)C2)C(O)CN(C)NS(=O)(=O)C(C)C)CC(C(=O)N(C)C)C1. The first-order valence-electron chi connectivity index (χ1n) is 16.5. The number of aliphatic hydroxyl groups excluding tert-OH is 1. The third kappa shape index (κ3) is 12.0. The van der Waals surface area contributed by atoms with Gasteiger partial charge in [0.1, 0.15) is 12.3 Å². The predicted octanol–water partition coefficient (Wildman–Crippen LogP) is 2.64. The maximum Gasteiger partial charge on any atom is 0.226 e. The van der Waals surface area contributed by atoms with Gasteiger partial charge in [0.25, 0.3) is 0 Å². The first kappa shape index (κ1) is 39.3. The molecule has 3 amide bonds. The molecule has 0 saturated heterocycles. The maximum absolute atomic E-state index is 14.3. The Morgan fingerprint density at radius 3 is 1.84 bits per heavy atom. The Labute approximate surface area is 268 Å². The van der Waals surface area contributed by atoms with Gasteiger partial charge >= 0.3 is 0 Å². The molecule has 0 radical (unpaired) electrons. The van der Waals surface area contributed by atoms with Crippen LogP contribution in [-0.2, 0) is 24.4 Å². The minimum absolute atomic E-state index is 0.0754. The molecule has 2 aliphatic rings. The van der Waals surface area contributed by atoms with Crippen molar-refractivity contribution in [2.75, 3.05) is 40.8 Å². The van der Waals surface area contributed by atoms with E-state index in [4.69, 9.17) is 0 Å². The lowest BCUT2D eigenvalue weighted by Gasteiger charge is -2.38. The molecule has 2 aliphatic carbocycles. The summed E-state index contributed by atoms with van der Waals surface area (Å²) in [4.78, 5) is 46.2. The quantitative estimate of drug-likeness (QED) is 0.216. The summed E-state index contributed by atoms with van der Waals surface area (Å²) < 4.78 is 53.3. The zero-order chi connectivity index (χ0) is 34.1. The van der Waals surface area contributed by atoms with Crippen molar-refractivity contribution < 1.29 is 36.7 Å². The molecule has 0 aromatic rings. The van der Waals surface area contributed by atoms with E-state index in [-0.39, 0.29) is 56.9 Å². The molecule has 262 valence electrons. The molecular weight excluding hydrogens is 608 g/mol. The van der Waals surface area contributed by atoms with Crippen LogP contribution in [0.25, 0.3) is 0 Å². The van der Waals surface area contributed by atoms with Crippen LogP contribution >= 0.6 is 0 Å². The molecule has 14 heteroatoms. The number of rotatable bonds is 16. The average Bonchev–Trinajstić information content (AvgIpc) is 2.94. The summed E-state index contributed by atoms with van der Waals surface area (Å²) in [5, 5.41) is 14.7. The number of hydrogen-bond acceptors (Lipinski definition) is 7. The second-order valence-electron chi connectivity index (χ2n) is 13.6. The highest BCUT2D eigenvalue weighted by Crippen LogP contribution is 2.37. The Balaban J connectivity index is 2.31. The lowest BCUT2D eigenvalue weighted by Crippen LogP contribution is -2.54. The normalized spacial score (nSPS) is 27.2. The van der Waals surface area contributed by atoms with Gasteiger partial charge in [-0.25, -0.2) is 22.2 Å². The number of nitrogens with one attached hydrogen (secondary N) is 2. The van der Waals surface area contributed by atoms with E-state index in [1.165, 1.54) is 30.8 Å². The fourth-order valence-corrected chi connectivity index (χ4v) is 7.37. The van der Waals surface area contributed by atoms with Crippen molar-refractivity contribution in [1.29, 1.82) is 0 Å². The topological polar surface area (TPSA) is 139 Å². The van der Waals surface area contributed by atoms with Gasteiger partial charge in [-0.1, -0.05) is 13.8 Å². The first-order valence-corrected chi connectivity index (χ1v) is 18.0. The molecule has 0 bridgehead atoms. The van der Waals surface area contributed by atoms with Gasteiger partial charge in [0, 0.05) is 65.0 Å². The predicted molar refractivity (Wildman–Crippen MR) is 170 cm³/mol. The number of amides is 3. The summed E-state index contributed by atoms with van der Waals surface area (Å²) in [5.74, 6) is -2.90. The van der Waals surface area contributed by atoms with Crippen LogP contribution in [0.15, 0.2) is 0 Å². The molecule has 7 atom stereocenters. The monoisotopic (exact) mass is 665 g/mol. The molecule has 3 N–H and O–H groups in total. The van der Waals surface area contributed by atoms with Gasteiger partial charge in [0.05, 0.1) is 17.4 Å². The molecule has 0 heterocycles. The smallest absolute Gasteiger partial charge is 0.226 e. The zero-order valence-corrected chi connectivity index (χ0v) is 29.0. The van der Waals surface area contributed by atoms with Crippen molar-refractivity contribution in [2.24, 2.45) is 23.7 Å². The fraction of sp³-hybridized carbons (Fsp3) is 0.903. The third-order valence-corrected chi connectivity index (χ3v) is 10.8. The minimum Gasteiger partial charge on any atom is -0.390 e. The van der Waals surface area contributed by atoms with Crippen LogP contribution in [0.3, 0.4) is 0 Å². The average molecular weight is 666 g/mol. The first-order chi connectivity index (χ1) is 21.0. The van der Waals surface area contributed by atoms with Crippen LogP contribution < -0.4 is 10.1 Å². The highest BCUT2D eigenvalue weighted by atomic mass is 32.2. The number of halogens is 2. The molecule has 0 aromatic heterocycles. The van der Waals surface area contributed by atoms with Gasteiger partial charge in [-0.3, -0.25) is 14.4 Å². The summed E-state index contributed by atoms with van der Waals surface area (Å²) in [6.07, 6.45) is -1.46. The number of carbonyl (C=O) groups is 3. The number of hydrazine groups is 1. The molecule has 2 rings (SSSR count).